The van der Waals surface area contributed by atoms with Crippen LogP contribution in [0.4, 0.5) is 5.69 Å². The first kappa shape index (κ1) is 14.9. The van der Waals surface area contributed by atoms with Crippen molar-refractivity contribution >= 4 is 11.7 Å². The highest BCUT2D eigenvalue weighted by atomic mass is 16.5. The second kappa shape index (κ2) is 7.29. The molecule has 0 amide bonds. The Morgan fingerprint density at radius 2 is 2.40 bits per heavy atom. The second-order valence-electron chi connectivity index (χ2n) is 5.50. The smallest absolute Gasteiger partial charge is 0.303 e. The molecule has 2 atom stereocenters. The van der Waals surface area contributed by atoms with Gasteiger partial charge in [0.25, 0.3) is 0 Å². The summed E-state index contributed by atoms with van der Waals surface area (Å²) in [5.41, 5.74) is 2.12. The Labute approximate surface area is 120 Å². The lowest BCUT2D eigenvalue weighted by Gasteiger charge is -2.29. The lowest BCUT2D eigenvalue weighted by atomic mass is 9.94. The number of aliphatic carboxylic acids is 1. The lowest BCUT2D eigenvalue weighted by Crippen LogP contribution is -2.32. The van der Waals surface area contributed by atoms with Gasteiger partial charge in [-0.2, -0.15) is 0 Å². The molecule has 2 rings (SSSR count). The number of anilines is 1. The summed E-state index contributed by atoms with van der Waals surface area (Å²) in [5.74, 6) is -0.206. The summed E-state index contributed by atoms with van der Waals surface area (Å²) in [6.07, 6.45) is 3.09. The molecule has 20 heavy (non-hydrogen) atoms. The van der Waals surface area contributed by atoms with Crippen LogP contribution >= 0.6 is 0 Å². The summed E-state index contributed by atoms with van der Waals surface area (Å²) in [4.78, 5) is 10.6. The van der Waals surface area contributed by atoms with Gasteiger partial charge in [0.1, 0.15) is 0 Å². The summed E-state index contributed by atoms with van der Waals surface area (Å²) in [5, 5.41) is 12.2. The fourth-order valence-corrected chi connectivity index (χ4v) is 2.61. The van der Waals surface area contributed by atoms with Crippen molar-refractivity contribution in [2.45, 2.75) is 38.6 Å². The minimum atomic E-state index is -0.754. The number of nitrogens with one attached hydrogen (secondary N) is 1. The molecule has 1 aromatic carbocycles. The van der Waals surface area contributed by atoms with Gasteiger partial charge in [-0.1, -0.05) is 12.1 Å². The molecule has 2 N–H and O–H groups in total. The molecule has 0 saturated carbocycles. The van der Waals surface area contributed by atoms with E-state index in [4.69, 9.17) is 9.84 Å². The van der Waals surface area contributed by atoms with Gasteiger partial charge in [0.2, 0.25) is 0 Å². The monoisotopic (exact) mass is 277 g/mol. The minimum Gasteiger partial charge on any atom is -0.481 e. The maximum atomic E-state index is 10.6. The van der Waals surface area contributed by atoms with Gasteiger partial charge in [-0.15, -0.1) is 0 Å². The van der Waals surface area contributed by atoms with Gasteiger partial charge in [0.05, 0.1) is 6.61 Å². The number of hydrogen-bond acceptors (Lipinski definition) is 3. The Morgan fingerprint density at radius 1 is 1.55 bits per heavy atom. The molecule has 2 unspecified atom stereocenters. The average Bonchev–Trinajstić information content (AvgIpc) is 2.46. The van der Waals surface area contributed by atoms with Crippen LogP contribution in [0.1, 0.15) is 31.7 Å². The third-order valence-corrected chi connectivity index (χ3v) is 3.85. The van der Waals surface area contributed by atoms with Crippen LogP contribution in [0.5, 0.6) is 0 Å². The molecule has 0 aliphatic carbocycles. The molecule has 1 saturated heterocycles. The zero-order valence-electron chi connectivity index (χ0n) is 12.0. The van der Waals surface area contributed by atoms with Gasteiger partial charge in [0, 0.05) is 30.7 Å². The number of hydrogen-bond donors (Lipinski definition) is 2. The van der Waals surface area contributed by atoms with Crippen LogP contribution < -0.4 is 5.32 Å². The van der Waals surface area contributed by atoms with E-state index >= 15 is 0 Å². The van der Waals surface area contributed by atoms with E-state index in [1.54, 1.807) is 0 Å². The molecule has 0 spiro atoms. The first-order valence-corrected chi connectivity index (χ1v) is 7.30. The Kier molecular flexibility index (Phi) is 5.41. The number of ether oxygens (including phenoxy) is 1. The summed E-state index contributed by atoms with van der Waals surface area (Å²) >= 11 is 0. The largest absolute Gasteiger partial charge is 0.481 e. The molecule has 4 heteroatoms. The predicted molar refractivity (Wildman–Crippen MR) is 79.0 cm³/mol. The topological polar surface area (TPSA) is 58.6 Å². The van der Waals surface area contributed by atoms with Gasteiger partial charge >= 0.3 is 5.97 Å². The quantitative estimate of drug-likeness (QED) is 0.839. The van der Waals surface area contributed by atoms with Gasteiger partial charge in [-0.05, 0) is 43.9 Å². The molecule has 110 valence electrons. The molecule has 4 nitrogen and oxygen atoms in total. The maximum absolute atomic E-state index is 10.6. The molecule has 1 aliphatic heterocycles. The number of benzene rings is 1. The molecule has 1 aliphatic rings. The number of rotatable bonds is 6. The third kappa shape index (κ3) is 4.53. The van der Waals surface area contributed by atoms with Gasteiger partial charge in [0.15, 0.2) is 0 Å². The van der Waals surface area contributed by atoms with Crippen LogP contribution in [0.3, 0.4) is 0 Å². The van der Waals surface area contributed by atoms with Crippen molar-refractivity contribution in [2.24, 2.45) is 5.92 Å². The first-order chi connectivity index (χ1) is 9.65. The summed E-state index contributed by atoms with van der Waals surface area (Å²) in [6, 6.07) is 8.39. The summed E-state index contributed by atoms with van der Waals surface area (Å²) in [6.45, 7) is 3.89. The lowest BCUT2D eigenvalue weighted by molar-refractivity contribution is -0.136. The molecule has 0 radical (unpaired) electrons. The predicted octanol–water partition coefficient (Wildman–Crippen LogP) is 2.93. The Morgan fingerprint density at radius 3 is 3.10 bits per heavy atom. The summed E-state index contributed by atoms with van der Waals surface area (Å²) in [7, 11) is 0. The van der Waals surface area contributed by atoms with Gasteiger partial charge in [-0.25, -0.2) is 0 Å². The molecule has 1 aromatic rings. The Hall–Kier alpha value is -1.55. The van der Waals surface area contributed by atoms with Crippen LogP contribution in [-0.4, -0.2) is 30.3 Å². The summed E-state index contributed by atoms with van der Waals surface area (Å²) < 4.78 is 5.52. The molecule has 1 heterocycles. The molecule has 0 aromatic heterocycles. The van der Waals surface area contributed by atoms with Crippen molar-refractivity contribution in [1.82, 2.24) is 0 Å². The third-order valence-electron chi connectivity index (χ3n) is 3.85. The Balaban J connectivity index is 1.91. The zero-order valence-corrected chi connectivity index (χ0v) is 12.0. The number of carboxylic acids is 1. The van der Waals surface area contributed by atoms with E-state index in [2.05, 4.69) is 12.2 Å². The van der Waals surface area contributed by atoms with Crippen LogP contribution in [0.25, 0.3) is 0 Å². The average molecular weight is 277 g/mol. The van der Waals surface area contributed by atoms with E-state index < -0.39 is 5.97 Å². The van der Waals surface area contributed by atoms with Crippen LogP contribution in [-0.2, 0) is 16.0 Å². The molecule has 0 bridgehead atoms. The van der Waals surface area contributed by atoms with Crippen molar-refractivity contribution in [1.29, 1.82) is 0 Å². The van der Waals surface area contributed by atoms with Crippen LogP contribution in [0, 0.1) is 5.92 Å². The maximum Gasteiger partial charge on any atom is 0.303 e. The van der Waals surface area contributed by atoms with E-state index in [9.17, 15) is 4.79 Å². The fraction of sp³-hybridized carbons (Fsp3) is 0.562. The molecule has 1 fully saturated rings. The number of carbonyl (C=O) groups is 1. The van der Waals surface area contributed by atoms with E-state index in [-0.39, 0.29) is 6.42 Å². The van der Waals surface area contributed by atoms with E-state index in [0.717, 1.165) is 30.9 Å². The highest BCUT2D eigenvalue weighted by Crippen LogP contribution is 2.21. The Bertz CT molecular complexity index is 441. The standard InChI is InChI=1S/C16H23NO3/c1-12(14-5-3-9-20-11-14)17-15-6-2-4-13(10-15)7-8-16(18)19/h2,4,6,10,12,14,17H,3,5,7-9,11H2,1H3,(H,18,19). The van der Waals surface area contributed by atoms with Crippen molar-refractivity contribution in [3.63, 3.8) is 0 Å². The van der Waals surface area contributed by atoms with E-state index in [1.807, 2.05) is 24.3 Å². The normalized spacial score (nSPS) is 20.4. The first-order valence-electron chi connectivity index (χ1n) is 7.30. The van der Waals surface area contributed by atoms with Crippen molar-refractivity contribution < 1.29 is 14.6 Å². The second-order valence-corrected chi connectivity index (χ2v) is 5.50. The number of aryl methyl sites for hydroxylation is 1. The fourth-order valence-electron chi connectivity index (χ4n) is 2.61. The highest BCUT2D eigenvalue weighted by molar-refractivity contribution is 5.67. The van der Waals surface area contributed by atoms with E-state index in [0.29, 0.717) is 18.4 Å². The van der Waals surface area contributed by atoms with Crippen molar-refractivity contribution in [3.8, 4) is 0 Å². The molecular weight excluding hydrogens is 254 g/mol. The molecular formula is C16H23NO3. The minimum absolute atomic E-state index is 0.176. The van der Waals surface area contributed by atoms with Crippen LogP contribution in [0.15, 0.2) is 24.3 Å². The van der Waals surface area contributed by atoms with Crippen molar-refractivity contribution in [3.05, 3.63) is 29.8 Å². The number of carboxylic acid groups (broad SMARTS) is 1. The van der Waals surface area contributed by atoms with E-state index in [1.165, 1.54) is 6.42 Å². The van der Waals surface area contributed by atoms with Gasteiger partial charge in [-0.3, -0.25) is 4.79 Å². The van der Waals surface area contributed by atoms with Crippen LogP contribution in [0.2, 0.25) is 0 Å². The zero-order chi connectivity index (χ0) is 14.4. The van der Waals surface area contributed by atoms with Crippen molar-refractivity contribution in [2.75, 3.05) is 18.5 Å². The highest BCUT2D eigenvalue weighted by Gasteiger charge is 2.20. The SMILES string of the molecule is CC(Nc1cccc(CCC(=O)O)c1)C1CCCOC1. The van der Waals surface area contributed by atoms with Gasteiger partial charge < -0.3 is 15.2 Å².